The number of piperidine rings is 1. The summed E-state index contributed by atoms with van der Waals surface area (Å²) in [6.45, 7) is 12.6. The van der Waals surface area contributed by atoms with Crippen molar-refractivity contribution in [3.8, 4) is 17.0 Å². The Kier molecular flexibility index (Phi) is 11.2. The molecule has 2 amide bonds. The van der Waals surface area contributed by atoms with E-state index in [2.05, 4.69) is 19.6 Å². The molecule has 4 heterocycles. The number of amides is 2. The molecule has 0 bridgehead atoms. The van der Waals surface area contributed by atoms with Crippen molar-refractivity contribution < 1.29 is 28.2 Å². The third-order valence-electron chi connectivity index (χ3n) is 12.0. The summed E-state index contributed by atoms with van der Waals surface area (Å²) in [6, 6.07) is 7.94. The lowest BCUT2D eigenvalue weighted by molar-refractivity contribution is -0.123. The Morgan fingerprint density at radius 2 is 1.66 bits per heavy atom. The number of oxazole rings is 1. The SMILES string of the molecule is C=C(C1CCC(c2ccc(OC)c(C)n2)CC1)N(C(=O)C1CCC(OC(=O)N2CCC(C)(OCC)CC2)CC1)c1cc(-c2coc(C3CC3)n2)ccn1. The van der Waals surface area contributed by atoms with Gasteiger partial charge in [-0.15, -0.1) is 0 Å². The molecular formula is C42H55N5O6. The van der Waals surface area contributed by atoms with Crippen LogP contribution in [0.2, 0.25) is 0 Å². The van der Waals surface area contributed by atoms with Gasteiger partial charge in [-0.2, -0.15) is 0 Å². The van der Waals surface area contributed by atoms with E-state index in [1.807, 2.05) is 32.0 Å². The molecule has 3 aromatic rings. The number of rotatable bonds is 11. The Morgan fingerprint density at radius 1 is 0.962 bits per heavy atom. The minimum atomic E-state index is -0.261. The largest absolute Gasteiger partial charge is 0.495 e. The molecule has 7 rings (SSSR count). The molecule has 11 heteroatoms. The van der Waals surface area contributed by atoms with Crippen LogP contribution in [-0.2, 0) is 14.3 Å². The van der Waals surface area contributed by atoms with E-state index in [9.17, 15) is 9.59 Å². The number of hydrogen-bond donors (Lipinski definition) is 0. The number of carbonyl (C=O) groups excluding carboxylic acids is 2. The number of allylic oxidation sites excluding steroid dienone is 1. The summed E-state index contributed by atoms with van der Waals surface area (Å²) in [4.78, 5) is 45.7. The minimum Gasteiger partial charge on any atom is -0.495 e. The van der Waals surface area contributed by atoms with E-state index in [0.29, 0.717) is 63.0 Å². The van der Waals surface area contributed by atoms with Gasteiger partial charge >= 0.3 is 6.09 Å². The lowest BCUT2D eigenvalue weighted by atomic mass is 9.78. The summed E-state index contributed by atoms with van der Waals surface area (Å²) in [5, 5.41) is 0. The average Bonchev–Trinajstić information content (AvgIpc) is 3.91. The highest BCUT2D eigenvalue weighted by atomic mass is 16.6. The zero-order valence-electron chi connectivity index (χ0n) is 31.9. The first-order valence-electron chi connectivity index (χ1n) is 19.7. The number of aromatic nitrogens is 3. The monoisotopic (exact) mass is 725 g/mol. The number of anilines is 1. The van der Waals surface area contributed by atoms with Crippen LogP contribution < -0.4 is 9.64 Å². The van der Waals surface area contributed by atoms with Crippen molar-refractivity contribution in [2.75, 3.05) is 31.7 Å². The maximum absolute atomic E-state index is 14.6. The predicted molar refractivity (Wildman–Crippen MR) is 202 cm³/mol. The van der Waals surface area contributed by atoms with Crippen LogP contribution in [0.4, 0.5) is 10.6 Å². The minimum absolute atomic E-state index is 0.00376. The zero-order chi connectivity index (χ0) is 37.1. The number of likely N-dealkylation sites (tertiary alicyclic amines) is 1. The number of carbonyl (C=O) groups is 2. The fraction of sp³-hybridized carbons (Fsp3) is 0.595. The van der Waals surface area contributed by atoms with Crippen molar-refractivity contribution in [1.29, 1.82) is 0 Å². The molecule has 1 saturated heterocycles. The maximum atomic E-state index is 14.6. The van der Waals surface area contributed by atoms with Gasteiger partial charge in [-0.1, -0.05) is 6.58 Å². The van der Waals surface area contributed by atoms with Crippen LogP contribution in [-0.4, -0.2) is 70.4 Å². The molecule has 3 aromatic heterocycles. The van der Waals surface area contributed by atoms with Crippen molar-refractivity contribution >= 4 is 17.8 Å². The van der Waals surface area contributed by atoms with Crippen LogP contribution in [0.1, 0.15) is 120 Å². The molecular weight excluding hydrogens is 670 g/mol. The molecule has 0 aromatic carbocycles. The Morgan fingerprint density at radius 3 is 2.32 bits per heavy atom. The quantitative estimate of drug-likeness (QED) is 0.191. The van der Waals surface area contributed by atoms with Gasteiger partial charge in [0.25, 0.3) is 0 Å². The van der Waals surface area contributed by atoms with Gasteiger partial charge in [-0.05, 0) is 128 Å². The zero-order valence-corrected chi connectivity index (χ0v) is 31.9. The van der Waals surface area contributed by atoms with Crippen molar-refractivity contribution in [2.45, 2.75) is 121 Å². The van der Waals surface area contributed by atoms with E-state index in [-0.39, 0.29) is 35.5 Å². The lowest BCUT2D eigenvalue weighted by Gasteiger charge is -2.39. The second-order valence-corrected chi connectivity index (χ2v) is 15.7. The third kappa shape index (κ3) is 8.45. The highest BCUT2D eigenvalue weighted by molar-refractivity contribution is 5.97. The number of ether oxygens (including phenoxy) is 3. The van der Waals surface area contributed by atoms with Crippen LogP contribution in [0.5, 0.6) is 5.75 Å². The van der Waals surface area contributed by atoms with Crippen LogP contribution in [0.15, 0.2) is 53.4 Å². The fourth-order valence-electron chi connectivity index (χ4n) is 8.44. The van der Waals surface area contributed by atoms with E-state index in [0.717, 1.165) is 91.3 Å². The Bertz CT molecular complexity index is 1760. The number of nitrogens with zero attached hydrogens (tertiary/aromatic N) is 5. The molecule has 53 heavy (non-hydrogen) atoms. The predicted octanol–water partition coefficient (Wildman–Crippen LogP) is 8.73. The molecule has 4 aliphatic rings. The molecule has 0 spiro atoms. The average molecular weight is 726 g/mol. The first-order valence-corrected chi connectivity index (χ1v) is 19.7. The first-order chi connectivity index (χ1) is 25.6. The van der Waals surface area contributed by atoms with E-state index in [1.54, 1.807) is 29.4 Å². The van der Waals surface area contributed by atoms with Gasteiger partial charge in [0.2, 0.25) is 5.91 Å². The van der Waals surface area contributed by atoms with Gasteiger partial charge in [-0.3, -0.25) is 14.7 Å². The second kappa shape index (κ2) is 16.0. The molecule has 1 aliphatic heterocycles. The van der Waals surface area contributed by atoms with E-state index in [1.165, 1.54) is 0 Å². The Labute approximate surface area is 313 Å². The van der Waals surface area contributed by atoms with Crippen LogP contribution in [0.25, 0.3) is 11.3 Å². The highest BCUT2D eigenvalue weighted by Crippen LogP contribution is 2.43. The summed E-state index contributed by atoms with van der Waals surface area (Å²) < 4.78 is 23.2. The standard InChI is InChI=1S/C42H55N5O6/c1-6-52-42(4)20-23-46(24-21-42)41(49)53-34-15-13-32(14-16-34)40(48)47(38-25-33(19-22-43-38)36-26-51-39(45-36)31-11-12-31)28(3)29-7-9-30(10-8-29)35-17-18-37(50-5)27(2)44-35/h17-19,22,25-26,29-32,34H,3,6-16,20-21,23-24H2,1-2,4-5H3. The van der Waals surface area contributed by atoms with Gasteiger partial charge in [-0.25, -0.2) is 14.8 Å². The molecule has 0 atom stereocenters. The van der Waals surface area contributed by atoms with E-state index >= 15 is 0 Å². The molecule has 0 unspecified atom stereocenters. The van der Waals surface area contributed by atoms with Crippen LogP contribution >= 0.6 is 0 Å². The lowest BCUT2D eigenvalue weighted by Crippen LogP contribution is -2.47. The van der Waals surface area contributed by atoms with Gasteiger partial charge in [0.05, 0.1) is 18.4 Å². The first kappa shape index (κ1) is 37.1. The van der Waals surface area contributed by atoms with Crippen molar-refractivity contribution in [3.05, 3.63) is 66.3 Å². The van der Waals surface area contributed by atoms with Crippen LogP contribution in [0.3, 0.4) is 0 Å². The third-order valence-corrected chi connectivity index (χ3v) is 12.0. The summed E-state index contributed by atoms with van der Waals surface area (Å²) >= 11 is 0. The van der Waals surface area contributed by atoms with E-state index < -0.39 is 0 Å². The second-order valence-electron chi connectivity index (χ2n) is 15.7. The molecule has 284 valence electrons. The molecule has 4 fully saturated rings. The Hall–Kier alpha value is -4.25. The number of methoxy groups -OCH3 is 1. The maximum Gasteiger partial charge on any atom is 0.410 e. The highest BCUT2D eigenvalue weighted by Gasteiger charge is 2.38. The van der Waals surface area contributed by atoms with Gasteiger partial charge in [0, 0.05) is 60.6 Å². The topological polar surface area (TPSA) is 120 Å². The molecule has 3 aliphatic carbocycles. The van der Waals surface area contributed by atoms with Crippen molar-refractivity contribution in [2.24, 2.45) is 11.8 Å². The van der Waals surface area contributed by atoms with E-state index in [4.69, 9.17) is 33.6 Å². The Balaban J connectivity index is 1.03. The fourth-order valence-corrected chi connectivity index (χ4v) is 8.44. The number of pyridine rings is 2. The summed E-state index contributed by atoms with van der Waals surface area (Å²) in [5.74, 6) is 2.78. The smallest absolute Gasteiger partial charge is 0.410 e. The summed E-state index contributed by atoms with van der Waals surface area (Å²) in [6.07, 6.45) is 13.0. The summed E-state index contributed by atoms with van der Waals surface area (Å²) in [7, 11) is 1.67. The van der Waals surface area contributed by atoms with Gasteiger partial charge in [0.1, 0.15) is 29.6 Å². The number of hydrogen-bond acceptors (Lipinski definition) is 9. The van der Waals surface area contributed by atoms with Gasteiger partial charge in [0.15, 0.2) is 5.89 Å². The molecule has 3 saturated carbocycles. The van der Waals surface area contributed by atoms with Crippen molar-refractivity contribution in [3.63, 3.8) is 0 Å². The normalized spacial score (nSPS) is 24.3. The number of aryl methyl sites for hydroxylation is 1. The molecule has 0 N–H and O–H groups in total. The van der Waals surface area contributed by atoms with Crippen molar-refractivity contribution in [1.82, 2.24) is 19.9 Å². The molecule has 0 radical (unpaired) electrons. The molecule has 11 nitrogen and oxygen atoms in total. The van der Waals surface area contributed by atoms with Gasteiger partial charge < -0.3 is 23.5 Å². The summed E-state index contributed by atoms with van der Waals surface area (Å²) in [5.41, 5.74) is 4.19. The van der Waals surface area contributed by atoms with Crippen LogP contribution in [0, 0.1) is 18.8 Å².